The first-order valence-corrected chi connectivity index (χ1v) is 6.40. The van der Waals surface area contributed by atoms with Crippen molar-refractivity contribution in [3.63, 3.8) is 0 Å². The van der Waals surface area contributed by atoms with E-state index < -0.39 is 0 Å². The van der Waals surface area contributed by atoms with Crippen LogP contribution in [0.15, 0.2) is 27.4 Å². The van der Waals surface area contributed by atoms with Gasteiger partial charge in [-0.25, -0.2) is 0 Å². The van der Waals surface area contributed by atoms with Crippen molar-refractivity contribution >= 4 is 22.6 Å². The average Bonchev–Trinajstić information content (AvgIpc) is 2.27. The monoisotopic (exact) mass is 257 g/mol. The first kappa shape index (κ1) is 12.0. The zero-order valence-electron chi connectivity index (χ0n) is 11.0. The fraction of sp³-hybridized carbons (Fsp3) is 0.333. The number of ketones is 1. The molecule has 2 heterocycles. The van der Waals surface area contributed by atoms with E-state index in [0.717, 1.165) is 25.1 Å². The van der Waals surface area contributed by atoms with Crippen molar-refractivity contribution in [2.24, 2.45) is 0 Å². The Morgan fingerprint density at radius 2 is 2.00 bits per heavy atom. The number of fused-ring (bicyclic) bond motifs is 1. The van der Waals surface area contributed by atoms with Crippen molar-refractivity contribution in [2.45, 2.75) is 20.3 Å². The Labute approximate surface area is 110 Å². The van der Waals surface area contributed by atoms with Gasteiger partial charge in [-0.2, -0.15) is 0 Å². The topological polar surface area (TPSA) is 50.5 Å². The highest BCUT2D eigenvalue weighted by Crippen LogP contribution is 2.26. The van der Waals surface area contributed by atoms with Crippen molar-refractivity contribution in [3.05, 3.63) is 39.5 Å². The number of nitrogens with zero attached hydrogens (tertiary/aromatic N) is 1. The highest BCUT2D eigenvalue weighted by molar-refractivity contribution is 6.05. The molecule has 0 atom stereocenters. The van der Waals surface area contributed by atoms with Gasteiger partial charge in [0.25, 0.3) is 0 Å². The van der Waals surface area contributed by atoms with Crippen LogP contribution in [0.5, 0.6) is 0 Å². The van der Waals surface area contributed by atoms with Crippen LogP contribution in [0.1, 0.15) is 29.3 Å². The van der Waals surface area contributed by atoms with E-state index in [4.69, 9.17) is 4.42 Å². The van der Waals surface area contributed by atoms with Gasteiger partial charge in [-0.05, 0) is 38.0 Å². The summed E-state index contributed by atoms with van der Waals surface area (Å²) in [7, 11) is 0. The highest BCUT2D eigenvalue weighted by atomic mass is 16.4. The van der Waals surface area contributed by atoms with Crippen molar-refractivity contribution in [2.75, 3.05) is 18.0 Å². The summed E-state index contributed by atoms with van der Waals surface area (Å²) < 4.78 is 5.80. The molecule has 0 aliphatic carbocycles. The number of anilines is 1. The van der Waals surface area contributed by atoms with Gasteiger partial charge in [0.2, 0.25) is 0 Å². The summed E-state index contributed by atoms with van der Waals surface area (Å²) in [6, 6.07) is 5.06. The van der Waals surface area contributed by atoms with E-state index in [-0.39, 0.29) is 11.2 Å². The van der Waals surface area contributed by atoms with Crippen molar-refractivity contribution in [3.8, 4) is 0 Å². The minimum Gasteiger partial charge on any atom is -0.440 e. The lowest BCUT2D eigenvalue weighted by atomic mass is 10.0. The largest absolute Gasteiger partial charge is 0.440 e. The molecule has 1 aliphatic rings. The van der Waals surface area contributed by atoms with Crippen LogP contribution in [0.25, 0.3) is 11.0 Å². The number of carbonyl (C=O) groups excluding carboxylic acids is 1. The van der Waals surface area contributed by atoms with E-state index in [9.17, 15) is 9.59 Å². The van der Waals surface area contributed by atoms with Gasteiger partial charge in [-0.3, -0.25) is 9.59 Å². The zero-order chi connectivity index (χ0) is 13.6. The normalized spacial score (nSPS) is 14.5. The molecule has 3 rings (SSSR count). The molecule has 98 valence electrons. The van der Waals surface area contributed by atoms with Crippen LogP contribution in [0, 0.1) is 6.92 Å². The van der Waals surface area contributed by atoms with Gasteiger partial charge in [-0.15, -0.1) is 0 Å². The maximum absolute atomic E-state index is 12.2. The summed E-state index contributed by atoms with van der Waals surface area (Å²) in [6.45, 7) is 5.16. The van der Waals surface area contributed by atoms with Crippen molar-refractivity contribution in [1.29, 1.82) is 0 Å². The third-order valence-corrected chi connectivity index (χ3v) is 3.51. The van der Waals surface area contributed by atoms with Crippen LogP contribution in [0.3, 0.4) is 0 Å². The Bertz CT molecular complexity index is 726. The second-order valence-electron chi connectivity index (χ2n) is 5.03. The Morgan fingerprint density at radius 1 is 1.26 bits per heavy atom. The summed E-state index contributed by atoms with van der Waals surface area (Å²) in [4.78, 5) is 25.9. The summed E-state index contributed by atoms with van der Waals surface area (Å²) in [5.74, 6) is 0.479. The number of Topliss-reactive ketones (excluding diaryl/α,β-unsaturated/α-hetero) is 1. The number of benzene rings is 1. The Hall–Kier alpha value is -2.10. The second kappa shape index (κ2) is 4.23. The number of rotatable bonds is 2. The molecular weight excluding hydrogens is 242 g/mol. The van der Waals surface area contributed by atoms with Gasteiger partial charge in [-0.1, -0.05) is 0 Å². The number of hydrogen-bond acceptors (Lipinski definition) is 4. The van der Waals surface area contributed by atoms with Crippen LogP contribution >= 0.6 is 0 Å². The predicted octanol–water partition coefficient (Wildman–Crippen LogP) is 2.51. The molecule has 0 N–H and O–H groups in total. The standard InChI is InChI=1S/C15H15NO3/c1-9-6-11(10(2)17)15-12(7-9)13(18)8-14(19-15)16-4-3-5-16/h6-8H,3-5H2,1-2H3. The Kier molecular flexibility index (Phi) is 2.66. The van der Waals surface area contributed by atoms with Crippen molar-refractivity contribution < 1.29 is 9.21 Å². The van der Waals surface area contributed by atoms with Crippen LogP contribution < -0.4 is 10.3 Å². The van der Waals surface area contributed by atoms with Gasteiger partial charge in [0.15, 0.2) is 22.7 Å². The lowest BCUT2D eigenvalue weighted by Gasteiger charge is -2.31. The van der Waals surface area contributed by atoms with Gasteiger partial charge in [0.05, 0.1) is 10.9 Å². The quantitative estimate of drug-likeness (QED) is 0.776. The van der Waals surface area contributed by atoms with E-state index in [1.165, 1.54) is 13.0 Å². The number of carbonyl (C=O) groups is 1. The fourth-order valence-electron chi connectivity index (χ4n) is 2.34. The second-order valence-corrected chi connectivity index (χ2v) is 5.03. The number of hydrogen-bond donors (Lipinski definition) is 0. The van der Waals surface area contributed by atoms with Crippen LogP contribution in [-0.2, 0) is 0 Å². The maximum atomic E-state index is 12.2. The van der Waals surface area contributed by atoms with E-state index in [1.807, 2.05) is 11.8 Å². The molecule has 1 fully saturated rings. The van der Waals surface area contributed by atoms with Gasteiger partial charge < -0.3 is 9.32 Å². The molecule has 0 bridgehead atoms. The SMILES string of the molecule is CC(=O)c1cc(C)cc2c(=O)cc(N3CCC3)oc12. The maximum Gasteiger partial charge on any atom is 0.200 e. The summed E-state index contributed by atoms with van der Waals surface area (Å²) in [6.07, 6.45) is 1.11. The van der Waals surface area contributed by atoms with E-state index in [0.29, 0.717) is 22.4 Å². The lowest BCUT2D eigenvalue weighted by molar-refractivity contribution is 0.101. The van der Waals surface area contributed by atoms with Gasteiger partial charge >= 0.3 is 0 Å². The molecule has 0 amide bonds. The molecule has 0 radical (unpaired) electrons. The zero-order valence-corrected chi connectivity index (χ0v) is 11.0. The van der Waals surface area contributed by atoms with Gasteiger partial charge in [0.1, 0.15) is 0 Å². The molecule has 0 unspecified atom stereocenters. The Morgan fingerprint density at radius 3 is 2.58 bits per heavy atom. The average molecular weight is 257 g/mol. The molecule has 4 heteroatoms. The molecular formula is C15H15NO3. The van der Waals surface area contributed by atoms with Crippen LogP contribution in [-0.4, -0.2) is 18.9 Å². The van der Waals surface area contributed by atoms with Gasteiger partial charge in [0, 0.05) is 19.2 Å². The summed E-state index contributed by atoms with van der Waals surface area (Å²) >= 11 is 0. The van der Waals surface area contributed by atoms with Crippen LogP contribution in [0.2, 0.25) is 0 Å². The molecule has 0 spiro atoms. The lowest BCUT2D eigenvalue weighted by Crippen LogP contribution is -2.37. The van der Waals surface area contributed by atoms with E-state index in [1.54, 1.807) is 12.1 Å². The minimum absolute atomic E-state index is 0.0855. The highest BCUT2D eigenvalue weighted by Gasteiger charge is 2.20. The first-order chi connectivity index (χ1) is 9.06. The third-order valence-electron chi connectivity index (χ3n) is 3.51. The molecule has 1 aromatic heterocycles. The molecule has 1 saturated heterocycles. The van der Waals surface area contributed by atoms with Crippen LogP contribution in [0.4, 0.5) is 5.88 Å². The summed E-state index contributed by atoms with van der Waals surface area (Å²) in [5, 5.41) is 0.481. The molecule has 1 aliphatic heterocycles. The predicted molar refractivity (Wildman–Crippen MR) is 74.1 cm³/mol. The molecule has 1 aromatic carbocycles. The molecule has 4 nitrogen and oxygen atoms in total. The first-order valence-electron chi connectivity index (χ1n) is 6.40. The van der Waals surface area contributed by atoms with E-state index in [2.05, 4.69) is 0 Å². The fourth-order valence-corrected chi connectivity index (χ4v) is 2.34. The Balaban J connectivity index is 2.32. The third kappa shape index (κ3) is 1.93. The number of aryl methyl sites for hydroxylation is 1. The molecule has 2 aromatic rings. The summed E-state index contributed by atoms with van der Waals surface area (Å²) in [5.41, 5.74) is 1.69. The molecule has 19 heavy (non-hydrogen) atoms. The smallest absolute Gasteiger partial charge is 0.200 e. The van der Waals surface area contributed by atoms with E-state index >= 15 is 0 Å². The molecule has 0 saturated carbocycles. The van der Waals surface area contributed by atoms with Crippen molar-refractivity contribution in [1.82, 2.24) is 0 Å². The minimum atomic E-state index is -0.0886.